The third-order valence-corrected chi connectivity index (χ3v) is 3.81. The number of piperidine rings is 1. The van der Waals surface area contributed by atoms with E-state index >= 15 is 0 Å². The highest BCUT2D eigenvalue weighted by atomic mass is 16.5. The van der Waals surface area contributed by atoms with Crippen LogP contribution in [0.5, 0.6) is 5.75 Å². The molecule has 2 rings (SSSR count). The fourth-order valence-corrected chi connectivity index (χ4v) is 2.65. The van der Waals surface area contributed by atoms with Crippen LogP contribution in [0.15, 0.2) is 24.3 Å². The summed E-state index contributed by atoms with van der Waals surface area (Å²) in [5.41, 5.74) is 1.43. The Morgan fingerprint density at radius 1 is 1.39 bits per heavy atom. The van der Waals surface area contributed by atoms with Crippen LogP contribution in [0.2, 0.25) is 0 Å². The van der Waals surface area contributed by atoms with E-state index in [1.54, 1.807) is 0 Å². The Morgan fingerprint density at radius 3 is 2.89 bits per heavy atom. The molecular weight excluding hydrogens is 224 g/mol. The highest BCUT2D eigenvalue weighted by Gasteiger charge is 2.30. The standard InChI is InChI=1S/C15H24N2O/c1-4-18-14-9-6-5-8-13(14)17-11-7-10-15(2,12-17)16-3/h5-6,8-9,16H,4,7,10-12H2,1-3H3. The first-order valence-corrected chi connectivity index (χ1v) is 6.84. The van der Waals surface area contributed by atoms with Crippen molar-refractivity contribution < 1.29 is 4.74 Å². The summed E-state index contributed by atoms with van der Waals surface area (Å²) >= 11 is 0. The van der Waals surface area contributed by atoms with Gasteiger partial charge in [-0.05, 0) is 45.9 Å². The third-order valence-electron chi connectivity index (χ3n) is 3.81. The smallest absolute Gasteiger partial charge is 0.142 e. The van der Waals surface area contributed by atoms with Crippen molar-refractivity contribution >= 4 is 5.69 Å². The zero-order chi connectivity index (χ0) is 13.0. The lowest BCUT2D eigenvalue weighted by Gasteiger charge is -2.42. The van der Waals surface area contributed by atoms with Gasteiger partial charge in [0, 0.05) is 18.6 Å². The lowest BCUT2D eigenvalue weighted by molar-refractivity contribution is 0.309. The second kappa shape index (κ2) is 5.61. The molecule has 1 saturated heterocycles. The largest absolute Gasteiger partial charge is 0.492 e. The molecule has 1 aromatic carbocycles. The Labute approximate surface area is 110 Å². The summed E-state index contributed by atoms with van der Waals surface area (Å²) in [7, 11) is 2.05. The molecule has 18 heavy (non-hydrogen) atoms. The van der Waals surface area contributed by atoms with Gasteiger partial charge in [0.2, 0.25) is 0 Å². The van der Waals surface area contributed by atoms with Gasteiger partial charge in [0.25, 0.3) is 0 Å². The lowest BCUT2D eigenvalue weighted by Crippen LogP contribution is -2.53. The molecule has 1 heterocycles. The highest BCUT2D eigenvalue weighted by Crippen LogP contribution is 2.32. The van der Waals surface area contributed by atoms with Gasteiger partial charge in [0.15, 0.2) is 0 Å². The molecule has 1 N–H and O–H groups in total. The van der Waals surface area contributed by atoms with Crippen molar-refractivity contribution in [2.24, 2.45) is 0 Å². The van der Waals surface area contributed by atoms with Crippen molar-refractivity contribution in [3.63, 3.8) is 0 Å². The topological polar surface area (TPSA) is 24.5 Å². The number of ether oxygens (including phenoxy) is 1. The summed E-state index contributed by atoms with van der Waals surface area (Å²) in [6.45, 7) is 7.19. The summed E-state index contributed by atoms with van der Waals surface area (Å²) in [4.78, 5) is 2.44. The van der Waals surface area contributed by atoms with E-state index in [1.807, 2.05) is 13.0 Å². The van der Waals surface area contributed by atoms with Gasteiger partial charge in [-0.2, -0.15) is 0 Å². The summed E-state index contributed by atoms with van der Waals surface area (Å²) in [5.74, 6) is 1.00. The molecule has 0 spiro atoms. The van der Waals surface area contributed by atoms with Crippen molar-refractivity contribution in [2.45, 2.75) is 32.2 Å². The number of hydrogen-bond donors (Lipinski definition) is 1. The van der Waals surface area contributed by atoms with Crippen LogP contribution in [0.4, 0.5) is 5.69 Å². The van der Waals surface area contributed by atoms with Crippen molar-refractivity contribution in [1.29, 1.82) is 0 Å². The monoisotopic (exact) mass is 248 g/mol. The normalized spacial score (nSPS) is 24.1. The van der Waals surface area contributed by atoms with Crippen molar-refractivity contribution in [3.05, 3.63) is 24.3 Å². The van der Waals surface area contributed by atoms with E-state index in [2.05, 4.69) is 42.4 Å². The van der Waals surface area contributed by atoms with Gasteiger partial charge in [0.1, 0.15) is 5.75 Å². The molecule has 1 aliphatic rings. The summed E-state index contributed by atoms with van der Waals surface area (Å²) in [5, 5.41) is 3.45. The molecule has 3 heteroatoms. The van der Waals surface area contributed by atoms with Crippen LogP contribution in [0.1, 0.15) is 26.7 Å². The average molecular weight is 248 g/mol. The van der Waals surface area contributed by atoms with E-state index in [0.29, 0.717) is 6.61 Å². The Hall–Kier alpha value is -1.22. The highest BCUT2D eigenvalue weighted by molar-refractivity contribution is 5.59. The molecule has 1 aromatic rings. The van der Waals surface area contributed by atoms with Gasteiger partial charge >= 0.3 is 0 Å². The number of likely N-dealkylation sites (N-methyl/N-ethyl adjacent to an activating group) is 1. The van der Waals surface area contributed by atoms with E-state index in [9.17, 15) is 0 Å². The minimum Gasteiger partial charge on any atom is -0.492 e. The first kappa shape index (κ1) is 13.2. The number of anilines is 1. The Bertz CT molecular complexity index is 394. The number of nitrogens with one attached hydrogen (secondary N) is 1. The first-order valence-electron chi connectivity index (χ1n) is 6.84. The van der Waals surface area contributed by atoms with Crippen LogP contribution in [-0.4, -0.2) is 32.3 Å². The van der Waals surface area contributed by atoms with Crippen LogP contribution in [0, 0.1) is 0 Å². The molecule has 1 aliphatic heterocycles. The second-order valence-corrected chi connectivity index (χ2v) is 5.24. The summed E-state index contributed by atoms with van der Waals surface area (Å²) in [6.07, 6.45) is 2.45. The van der Waals surface area contributed by atoms with Gasteiger partial charge < -0.3 is 15.0 Å². The second-order valence-electron chi connectivity index (χ2n) is 5.24. The molecule has 0 amide bonds. The summed E-state index contributed by atoms with van der Waals surface area (Å²) in [6, 6.07) is 8.34. The molecule has 1 unspecified atom stereocenters. The molecule has 0 aromatic heterocycles. The molecule has 1 fully saturated rings. The van der Waals surface area contributed by atoms with E-state index < -0.39 is 0 Å². The first-order chi connectivity index (χ1) is 8.68. The molecule has 0 bridgehead atoms. The Balaban J connectivity index is 2.20. The van der Waals surface area contributed by atoms with Crippen LogP contribution >= 0.6 is 0 Å². The van der Waals surface area contributed by atoms with Gasteiger partial charge in [-0.3, -0.25) is 0 Å². The molecular formula is C15H24N2O. The van der Waals surface area contributed by atoms with E-state index in [4.69, 9.17) is 4.74 Å². The average Bonchev–Trinajstić information content (AvgIpc) is 2.40. The predicted molar refractivity (Wildman–Crippen MR) is 76.5 cm³/mol. The zero-order valence-electron chi connectivity index (χ0n) is 11.7. The number of hydrogen-bond acceptors (Lipinski definition) is 3. The number of nitrogens with zero attached hydrogens (tertiary/aromatic N) is 1. The van der Waals surface area contributed by atoms with E-state index in [1.165, 1.54) is 18.5 Å². The van der Waals surface area contributed by atoms with Crippen molar-refractivity contribution in [3.8, 4) is 5.75 Å². The van der Waals surface area contributed by atoms with Gasteiger partial charge in [-0.1, -0.05) is 12.1 Å². The van der Waals surface area contributed by atoms with Gasteiger partial charge in [-0.25, -0.2) is 0 Å². The lowest BCUT2D eigenvalue weighted by atomic mass is 9.91. The maximum atomic E-state index is 5.73. The Morgan fingerprint density at radius 2 is 2.17 bits per heavy atom. The molecule has 100 valence electrons. The van der Waals surface area contributed by atoms with Crippen LogP contribution in [-0.2, 0) is 0 Å². The quantitative estimate of drug-likeness (QED) is 0.886. The van der Waals surface area contributed by atoms with Crippen LogP contribution in [0.25, 0.3) is 0 Å². The van der Waals surface area contributed by atoms with Crippen molar-refractivity contribution in [2.75, 3.05) is 31.6 Å². The molecule has 0 saturated carbocycles. The van der Waals surface area contributed by atoms with E-state index in [-0.39, 0.29) is 5.54 Å². The minimum absolute atomic E-state index is 0.206. The molecule has 0 aliphatic carbocycles. The Kier molecular flexibility index (Phi) is 4.12. The van der Waals surface area contributed by atoms with Crippen molar-refractivity contribution in [1.82, 2.24) is 5.32 Å². The number of rotatable bonds is 4. The maximum Gasteiger partial charge on any atom is 0.142 e. The molecule has 0 radical (unpaired) electrons. The SMILES string of the molecule is CCOc1ccccc1N1CCCC(C)(NC)C1. The molecule has 1 atom stereocenters. The minimum atomic E-state index is 0.206. The van der Waals surface area contributed by atoms with Gasteiger partial charge in [-0.15, -0.1) is 0 Å². The van der Waals surface area contributed by atoms with E-state index in [0.717, 1.165) is 18.8 Å². The van der Waals surface area contributed by atoms with Gasteiger partial charge in [0.05, 0.1) is 12.3 Å². The zero-order valence-corrected chi connectivity index (χ0v) is 11.7. The number of benzene rings is 1. The number of para-hydroxylation sites is 2. The van der Waals surface area contributed by atoms with Crippen LogP contribution in [0.3, 0.4) is 0 Å². The van der Waals surface area contributed by atoms with Crippen LogP contribution < -0.4 is 15.0 Å². The fraction of sp³-hybridized carbons (Fsp3) is 0.600. The fourth-order valence-electron chi connectivity index (χ4n) is 2.65. The maximum absolute atomic E-state index is 5.73. The molecule has 3 nitrogen and oxygen atoms in total. The summed E-state index contributed by atoms with van der Waals surface area (Å²) < 4.78 is 5.73. The predicted octanol–water partition coefficient (Wildman–Crippen LogP) is 2.66. The third kappa shape index (κ3) is 2.78.